The van der Waals surface area contributed by atoms with E-state index in [1.54, 1.807) is 72.8 Å². The quantitative estimate of drug-likeness (QED) is 0.0534. The number of fused-ring (bicyclic) bond motifs is 4. The summed E-state index contributed by atoms with van der Waals surface area (Å²) in [6, 6.07) is 20.6. The molecule has 12 N–H and O–H groups in total. The number of aromatic nitrogens is 8. The van der Waals surface area contributed by atoms with Crippen LogP contribution in [0.25, 0.3) is 44.1 Å². The third-order valence-electron chi connectivity index (χ3n) is 9.34. The maximum absolute atomic E-state index is 14.0. The molecule has 0 aliphatic carbocycles. The van der Waals surface area contributed by atoms with Crippen molar-refractivity contribution in [2.75, 3.05) is 21.3 Å². The summed E-state index contributed by atoms with van der Waals surface area (Å²) >= 11 is 20.9. The van der Waals surface area contributed by atoms with Gasteiger partial charge in [-0.3, -0.25) is 19.2 Å². The molecule has 4 aromatic heterocycles. The molecule has 20 heteroatoms. The van der Waals surface area contributed by atoms with Gasteiger partial charge in [0.15, 0.2) is 19.1 Å². The Bertz CT molecular complexity index is 2720. The van der Waals surface area contributed by atoms with Crippen LogP contribution in [0.5, 0.6) is 0 Å². The largest absolute Gasteiger partial charge is 0.331 e. The first kappa shape index (κ1) is 37.4. The Morgan fingerprint density at radius 1 is 0.368 bits per heavy atom. The molecular weight excluding hydrogens is 805 g/mol. The summed E-state index contributed by atoms with van der Waals surface area (Å²) in [7, 11) is 0. The predicted octanol–water partition coefficient (Wildman–Crippen LogP) is 8.24. The van der Waals surface area contributed by atoms with Gasteiger partial charge in [-0.2, -0.15) is 0 Å². The molecule has 4 amide bonds. The molecule has 0 atom stereocenters. The highest BCUT2D eigenvalue weighted by atomic mass is 32.1. The summed E-state index contributed by atoms with van der Waals surface area (Å²) in [5.74, 6) is -2.11. The number of rotatable bonds is 12. The van der Waals surface area contributed by atoms with Crippen molar-refractivity contribution in [2.45, 2.75) is 25.7 Å². The second kappa shape index (κ2) is 15.2. The lowest BCUT2D eigenvalue weighted by Crippen LogP contribution is -2.38. The summed E-state index contributed by atoms with van der Waals surface area (Å²) in [4.78, 5) is 80.3. The van der Waals surface area contributed by atoms with E-state index in [1.165, 1.54) is 0 Å². The maximum atomic E-state index is 14.0. The van der Waals surface area contributed by atoms with Crippen molar-refractivity contribution in [3.8, 4) is 0 Å². The molecule has 8 rings (SSSR count). The first-order chi connectivity index (χ1) is 27.3. The molecule has 0 spiro atoms. The van der Waals surface area contributed by atoms with Crippen molar-refractivity contribution in [2.24, 2.45) is 5.41 Å². The Morgan fingerprint density at radius 3 is 0.807 bits per heavy atom. The SMILES string of the molecule is O=C(CC(CC(=O)Nc1ccc2[nH]c(=S)[nH]c2c1)(CC(=O)Nc1ccc2[nH]c(=S)[nH]c2c1)CC(=O)Nc1ccc2[nH]c(=S)[nH]c2c1)Nc1ccc2[nH]c(=S)[nH]c2c1. The molecule has 8 aromatic rings. The zero-order valence-electron chi connectivity index (χ0n) is 29.5. The van der Waals surface area contributed by atoms with Crippen LogP contribution in [0, 0.1) is 24.5 Å². The lowest BCUT2D eigenvalue weighted by atomic mass is 9.74. The predicted molar refractivity (Wildman–Crippen MR) is 229 cm³/mol. The van der Waals surface area contributed by atoms with Crippen molar-refractivity contribution >= 4 is 139 Å². The summed E-state index contributed by atoms with van der Waals surface area (Å²) in [5, 5.41) is 11.5. The van der Waals surface area contributed by atoms with Gasteiger partial charge >= 0.3 is 0 Å². The Hall–Kier alpha value is -6.48. The van der Waals surface area contributed by atoms with Gasteiger partial charge in [-0.1, -0.05) is 0 Å². The number of hydrogen-bond acceptors (Lipinski definition) is 8. The zero-order chi connectivity index (χ0) is 39.8. The molecule has 4 heterocycles. The molecule has 0 aliphatic heterocycles. The molecule has 0 unspecified atom stereocenters. The van der Waals surface area contributed by atoms with Gasteiger partial charge in [0.2, 0.25) is 23.6 Å². The molecule has 0 fully saturated rings. The minimum atomic E-state index is -1.55. The fourth-order valence-corrected chi connectivity index (χ4v) is 7.88. The van der Waals surface area contributed by atoms with Crippen molar-refractivity contribution in [3.05, 3.63) is 91.9 Å². The average Bonchev–Trinajstić information content (AvgIpc) is 3.89. The third-order valence-corrected chi connectivity index (χ3v) is 10.2. The van der Waals surface area contributed by atoms with Crippen molar-refractivity contribution < 1.29 is 19.2 Å². The number of nitrogens with one attached hydrogen (secondary N) is 12. The molecule has 0 saturated heterocycles. The van der Waals surface area contributed by atoms with Gasteiger partial charge in [0.25, 0.3) is 0 Å². The van der Waals surface area contributed by atoms with Crippen molar-refractivity contribution in [1.82, 2.24) is 39.9 Å². The molecule has 57 heavy (non-hydrogen) atoms. The lowest BCUT2D eigenvalue weighted by molar-refractivity contribution is -0.127. The fourth-order valence-electron chi connectivity index (χ4n) is 7.00. The van der Waals surface area contributed by atoms with E-state index in [2.05, 4.69) is 61.1 Å². The highest BCUT2D eigenvalue weighted by Crippen LogP contribution is 2.38. The average molecular weight is 837 g/mol. The first-order valence-corrected chi connectivity index (χ1v) is 19.0. The van der Waals surface area contributed by atoms with Gasteiger partial charge in [0.05, 0.1) is 44.1 Å². The van der Waals surface area contributed by atoms with E-state index in [9.17, 15) is 19.2 Å². The summed E-state index contributed by atoms with van der Waals surface area (Å²) in [5.41, 5.74) is 5.87. The number of anilines is 4. The molecule has 4 aromatic carbocycles. The van der Waals surface area contributed by atoms with Crippen molar-refractivity contribution in [3.63, 3.8) is 0 Å². The van der Waals surface area contributed by atoms with Crippen molar-refractivity contribution in [1.29, 1.82) is 0 Å². The molecule has 0 radical (unpaired) electrons. The van der Waals surface area contributed by atoms with E-state index in [0.717, 1.165) is 22.1 Å². The number of hydrogen-bond donors (Lipinski definition) is 12. The van der Waals surface area contributed by atoms with E-state index in [-0.39, 0.29) is 25.7 Å². The van der Waals surface area contributed by atoms with Crippen LogP contribution in [0.2, 0.25) is 0 Å². The molecule has 0 saturated carbocycles. The zero-order valence-corrected chi connectivity index (χ0v) is 32.8. The van der Waals surface area contributed by atoms with Crippen LogP contribution in [0.4, 0.5) is 22.7 Å². The summed E-state index contributed by atoms with van der Waals surface area (Å²) in [6.07, 6.45) is -1.55. The number of carbonyl (C=O) groups is 4. The minimum absolute atomic E-state index is 0.389. The van der Waals surface area contributed by atoms with E-state index in [1.807, 2.05) is 0 Å². The Morgan fingerprint density at radius 2 is 0.579 bits per heavy atom. The Labute approximate surface area is 341 Å². The molecule has 288 valence electrons. The topological polar surface area (TPSA) is 243 Å². The van der Waals surface area contributed by atoms with Crippen LogP contribution in [-0.4, -0.2) is 63.5 Å². The molecule has 16 nitrogen and oxygen atoms in total. The number of aromatic amines is 8. The second-order valence-electron chi connectivity index (χ2n) is 13.8. The number of benzene rings is 4. The van der Waals surface area contributed by atoms with Crippen LogP contribution in [0.3, 0.4) is 0 Å². The van der Waals surface area contributed by atoms with E-state index in [0.29, 0.717) is 63.9 Å². The van der Waals surface area contributed by atoms with Gasteiger partial charge in [-0.25, -0.2) is 0 Å². The summed E-state index contributed by atoms with van der Waals surface area (Å²) < 4.78 is 1.68. The normalized spacial score (nSPS) is 11.6. The monoisotopic (exact) mass is 836 g/mol. The van der Waals surface area contributed by atoms with Crippen LogP contribution >= 0.6 is 48.9 Å². The number of amides is 4. The number of H-pyrrole nitrogens is 8. The van der Waals surface area contributed by atoms with E-state index >= 15 is 0 Å². The smallest absolute Gasteiger partial charge is 0.224 e. The highest BCUT2D eigenvalue weighted by Gasteiger charge is 2.40. The van der Waals surface area contributed by atoms with Crippen LogP contribution in [0.15, 0.2) is 72.8 Å². The minimum Gasteiger partial charge on any atom is -0.331 e. The van der Waals surface area contributed by atoms with E-state index < -0.39 is 29.0 Å². The van der Waals surface area contributed by atoms with Crippen LogP contribution in [-0.2, 0) is 19.2 Å². The number of carbonyl (C=O) groups excluding carboxylic acids is 4. The third kappa shape index (κ3) is 8.68. The van der Waals surface area contributed by atoms with Gasteiger partial charge in [0.1, 0.15) is 0 Å². The van der Waals surface area contributed by atoms with Gasteiger partial charge in [-0.15, -0.1) is 0 Å². The fraction of sp³-hybridized carbons (Fsp3) is 0.135. The second-order valence-corrected chi connectivity index (χ2v) is 15.4. The van der Waals surface area contributed by atoms with Gasteiger partial charge < -0.3 is 61.1 Å². The summed E-state index contributed by atoms with van der Waals surface area (Å²) in [6.45, 7) is 0. The molecule has 0 bridgehead atoms. The Balaban J connectivity index is 1.12. The molecular formula is C37H32N12O4S4. The van der Waals surface area contributed by atoms with Gasteiger partial charge in [-0.05, 0) is 122 Å². The first-order valence-electron chi connectivity index (χ1n) is 17.4. The van der Waals surface area contributed by atoms with Crippen LogP contribution < -0.4 is 21.3 Å². The molecule has 0 aliphatic rings. The lowest BCUT2D eigenvalue weighted by Gasteiger charge is -2.32. The van der Waals surface area contributed by atoms with E-state index in [4.69, 9.17) is 48.9 Å². The standard InChI is InChI=1S/C37H32N12O4S4/c50-29(38-17-1-5-21-25(9-17)46-33(54)42-21)13-37(14-30(51)39-18-2-6-22-26(10-18)47-34(55)43-22,15-31(52)40-19-3-7-23-27(11-19)48-35(56)44-23)16-32(53)41-20-4-8-24-28(12-20)49-36(57)45-24/h1-12H,13-16H2,(H,38,50)(H,39,51)(H,40,52)(H,41,53)(H2,42,46,54)(H2,43,47,55)(H2,44,48,56)(H2,45,49,57). The maximum Gasteiger partial charge on any atom is 0.224 e. The van der Waals surface area contributed by atoms with Gasteiger partial charge in [0, 0.05) is 53.8 Å². The van der Waals surface area contributed by atoms with Crippen LogP contribution in [0.1, 0.15) is 25.7 Å². The highest BCUT2D eigenvalue weighted by molar-refractivity contribution is 7.71. The number of imidazole rings is 4. The Kier molecular flexibility index (Phi) is 10.00.